The molecule has 0 amide bonds. The third-order valence-corrected chi connectivity index (χ3v) is 8.40. The molecule has 1 heterocycles. The zero-order valence-corrected chi connectivity index (χ0v) is 18.4. The predicted octanol–water partition coefficient (Wildman–Crippen LogP) is 4.27. The van der Waals surface area contributed by atoms with E-state index in [1.165, 1.54) is 11.3 Å². The van der Waals surface area contributed by atoms with Crippen molar-refractivity contribution in [2.75, 3.05) is 25.1 Å². The molecule has 2 aliphatic rings. The number of sulfonamides is 1. The van der Waals surface area contributed by atoms with Crippen molar-refractivity contribution in [3.63, 3.8) is 0 Å². The molecule has 1 aliphatic carbocycles. The van der Waals surface area contributed by atoms with E-state index in [-0.39, 0.29) is 6.04 Å². The summed E-state index contributed by atoms with van der Waals surface area (Å²) >= 11 is 0. The highest BCUT2D eigenvalue weighted by Crippen LogP contribution is 2.30. The number of rotatable bonds is 6. The minimum Gasteiger partial charge on any atom is -0.385 e. The summed E-state index contributed by atoms with van der Waals surface area (Å²) in [5.41, 5.74) is 2.60. The first kappa shape index (κ1) is 21.6. The van der Waals surface area contributed by atoms with E-state index >= 15 is 0 Å². The highest BCUT2D eigenvalue weighted by Gasteiger charge is 2.32. The van der Waals surface area contributed by atoms with E-state index in [1.54, 1.807) is 20.8 Å². The fourth-order valence-corrected chi connectivity index (χ4v) is 5.10. The number of hydrogen-bond acceptors (Lipinski definition) is 4. The van der Waals surface area contributed by atoms with Gasteiger partial charge in [-0.2, -0.15) is 0 Å². The second kappa shape index (κ2) is 9.14. The molecule has 1 aromatic rings. The van der Waals surface area contributed by atoms with Gasteiger partial charge in [-0.15, -0.1) is 0 Å². The largest absolute Gasteiger partial charge is 0.385 e. The van der Waals surface area contributed by atoms with Gasteiger partial charge in [-0.05, 0) is 88.8 Å². The Morgan fingerprint density at radius 1 is 1.04 bits per heavy atom. The van der Waals surface area contributed by atoms with E-state index in [0.717, 1.165) is 58.3 Å². The molecule has 3 rings (SSSR count). The average molecular weight is 409 g/mol. The molecule has 2 fully saturated rings. The van der Waals surface area contributed by atoms with Gasteiger partial charge in [0.25, 0.3) is 0 Å². The van der Waals surface area contributed by atoms with Crippen molar-refractivity contribution in [2.45, 2.75) is 76.0 Å². The highest BCUT2D eigenvalue weighted by atomic mass is 32.2. The predicted molar refractivity (Wildman–Crippen MR) is 115 cm³/mol. The normalized spacial score (nSPS) is 24.8. The molecule has 1 saturated carbocycles. The minimum absolute atomic E-state index is 0.0809. The van der Waals surface area contributed by atoms with Crippen LogP contribution in [-0.2, 0) is 14.8 Å². The number of benzene rings is 1. The van der Waals surface area contributed by atoms with Crippen molar-refractivity contribution in [3.05, 3.63) is 29.8 Å². The molecule has 0 spiro atoms. The zero-order valence-electron chi connectivity index (χ0n) is 17.5. The lowest BCUT2D eigenvalue weighted by Crippen LogP contribution is -2.46. The summed E-state index contributed by atoms with van der Waals surface area (Å²) in [4.78, 5) is 0. The number of anilines is 1. The van der Waals surface area contributed by atoms with E-state index in [1.807, 2.05) is 0 Å². The second-order valence-electron chi connectivity index (χ2n) is 9.34. The molecular weight excluding hydrogens is 372 g/mol. The van der Waals surface area contributed by atoms with Gasteiger partial charge in [0.1, 0.15) is 0 Å². The quantitative estimate of drug-likeness (QED) is 0.738. The van der Waals surface area contributed by atoms with Crippen LogP contribution in [0.4, 0.5) is 5.69 Å². The topological polar surface area (TPSA) is 67.4 Å². The summed E-state index contributed by atoms with van der Waals surface area (Å²) in [6.45, 7) is 7.93. The monoisotopic (exact) mass is 408 g/mol. The number of hydrogen-bond donors (Lipinski definition) is 2. The fraction of sp³-hybridized carbons (Fsp3) is 0.727. The molecule has 0 aromatic heterocycles. The molecule has 1 aromatic carbocycles. The van der Waals surface area contributed by atoms with Crippen LogP contribution in [-0.4, -0.2) is 39.0 Å². The Morgan fingerprint density at radius 3 is 2.36 bits per heavy atom. The summed E-state index contributed by atoms with van der Waals surface area (Å²) in [7, 11) is -3.26. The first-order chi connectivity index (χ1) is 13.2. The van der Waals surface area contributed by atoms with Crippen LogP contribution in [0, 0.1) is 5.92 Å². The molecule has 1 saturated heterocycles. The van der Waals surface area contributed by atoms with Gasteiger partial charge in [-0.3, -0.25) is 0 Å². The summed E-state index contributed by atoms with van der Waals surface area (Å²) in [5, 5.41) is 3.61. The van der Waals surface area contributed by atoms with Crippen LogP contribution < -0.4 is 10.0 Å². The first-order valence-corrected chi connectivity index (χ1v) is 12.2. The lowest BCUT2D eigenvalue weighted by molar-refractivity contribution is 0.0853. The summed E-state index contributed by atoms with van der Waals surface area (Å²) < 4.78 is 32.3. The van der Waals surface area contributed by atoms with Crippen molar-refractivity contribution in [1.29, 1.82) is 0 Å². The maximum Gasteiger partial charge on any atom is 0.216 e. The van der Waals surface area contributed by atoms with Crippen LogP contribution in [0.3, 0.4) is 0 Å². The maximum atomic E-state index is 12.3. The Morgan fingerprint density at radius 2 is 1.71 bits per heavy atom. The summed E-state index contributed by atoms with van der Waals surface area (Å²) in [6.07, 6.45) is 6.18. The van der Waals surface area contributed by atoms with Crippen LogP contribution in [0.1, 0.15) is 70.8 Å². The van der Waals surface area contributed by atoms with E-state index in [9.17, 15) is 8.42 Å². The molecule has 5 nitrogen and oxygen atoms in total. The lowest BCUT2D eigenvalue weighted by Gasteiger charge is -2.31. The van der Waals surface area contributed by atoms with Crippen LogP contribution in [0.15, 0.2) is 24.3 Å². The van der Waals surface area contributed by atoms with E-state index in [0.29, 0.717) is 11.8 Å². The number of ether oxygens (including phenoxy) is 1. The third kappa shape index (κ3) is 5.71. The van der Waals surface area contributed by atoms with Gasteiger partial charge in [0.15, 0.2) is 0 Å². The van der Waals surface area contributed by atoms with E-state index < -0.39 is 14.8 Å². The average Bonchev–Trinajstić information content (AvgIpc) is 2.67. The van der Waals surface area contributed by atoms with Gasteiger partial charge in [-0.1, -0.05) is 12.1 Å². The van der Waals surface area contributed by atoms with Crippen LogP contribution in [0.5, 0.6) is 0 Å². The van der Waals surface area contributed by atoms with Gasteiger partial charge in [0, 0.05) is 31.5 Å². The van der Waals surface area contributed by atoms with Crippen molar-refractivity contribution < 1.29 is 13.2 Å². The summed E-state index contributed by atoms with van der Waals surface area (Å²) in [6, 6.07) is 8.89. The molecule has 158 valence electrons. The Bertz CT molecular complexity index is 728. The van der Waals surface area contributed by atoms with Gasteiger partial charge in [0.05, 0.1) is 4.75 Å². The first-order valence-electron chi connectivity index (χ1n) is 10.7. The Hall–Kier alpha value is -1.11. The molecule has 0 unspecified atom stereocenters. The molecule has 6 heteroatoms. The third-order valence-electron chi connectivity index (χ3n) is 6.15. The van der Waals surface area contributed by atoms with Crippen molar-refractivity contribution in [3.8, 4) is 0 Å². The van der Waals surface area contributed by atoms with E-state index in [4.69, 9.17) is 4.74 Å². The number of nitrogens with one attached hydrogen (secondary N) is 2. The molecule has 0 atom stereocenters. The van der Waals surface area contributed by atoms with Gasteiger partial charge in [-0.25, -0.2) is 13.1 Å². The maximum absolute atomic E-state index is 12.3. The second-order valence-corrected chi connectivity index (χ2v) is 11.8. The van der Waals surface area contributed by atoms with Gasteiger partial charge >= 0.3 is 0 Å². The summed E-state index contributed by atoms with van der Waals surface area (Å²) in [5.74, 6) is 1.21. The van der Waals surface area contributed by atoms with Crippen LogP contribution >= 0.6 is 0 Å². The smallest absolute Gasteiger partial charge is 0.216 e. The standard InChI is InChI=1S/C22H36N2O3S/c1-22(2,3)28(25,26)24-20-9-7-17(8-10-20)16-23-21-6-4-5-19(15-21)18-11-13-27-14-12-18/h4-6,15,17-18,20,23-24H,7-14,16H2,1-3H3. The molecular formula is C22H36N2O3S. The Kier molecular flexibility index (Phi) is 7.05. The Balaban J connectivity index is 1.46. The van der Waals surface area contributed by atoms with Crippen molar-refractivity contribution in [2.24, 2.45) is 5.92 Å². The lowest BCUT2D eigenvalue weighted by atomic mass is 9.86. The minimum atomic E-state index is -3.26. The SMILES string of the molecule is CC(C)(C)S(=O)(=O)NC1CCC(CNc2cccc(C3CCOCC3)c2)CC1. The molecule has 0 radical (unpaired) electrons. The van der Waals surface area contributed by atoms with Gasteiger partial charge in [0.2, 0.25) is 10.0 Å². The van der Waals surface area contributed by atoms with Crippen LogP contribution in [0.2, 0.25) is 0 Å². The Labute approximate surface area is 170 Å². The van der Waals surface area contributed by atoms with Crippen molar-refractivity contribution in [1.82, 2.24) is 4.72 Å². The highest BCUT2D eigenvalue weighted by molar-refractivity contribution is 7.90. The fourth-order valence-electron chi connectivity index (χ4n) is 4.08. The van der Waals surface area contributed by atoms with Crippen LogP contribution in [0.25, 0.3) is 0 Å². The zero-order chi connectivity index (χ0) is 20.2. The molecule has 2 N–H and O–H groups in total. The van der Waals surface area contributed by atoms with Gasteiger partial charge < -0.3 is 10.1 Å². The molecule has 0 bridgehead atoms. The van der Waals surface area contributed by atoms with E-state index in [2.05, 4.69) is 34.3 Å². The van der Waals surface area contributed by atoms with Crippen molar-refractivity contribution >= 4 is 15.7 Å². The molecule has 28 heavy (non-hydrogen) atoms. The molecule has 1 aliphatic heterocycles.